The third-order valence-electron chi connectivity index (χ3n) is 3.82. The van der Waals surface area contributed by atoms with Crippen LogP contribution >= 0.6 is 0 Å². The van der Waals surface area contributed by atoms with Crippen molar-refractivity contribution >= 4 is 11.7 Å². The number of carbonyl (C=O) groups is 1. The molecule has 1 aliphatic heterocycles. The number of aromatic nitrogens is 2. The highest BCUT2D eigenvalue weighted by molar-refractivity contribution is 5.94. The first kappa shape index (κ1) is 15.5. The topological polar surface area (TPSA) is 56.2 Å². The normalized spacial score (nSPS) is 17.3. The molecule has 0 spiro atoms. The van der Waals surface area contributed by atoms with Crippen molar-refractivity contribution in [3.8, 4) is 5.75 Å². The number of halogens is 2. The number of alkyl halides is 2. The van der Waals surface area contributed by atoms with Gasteiger partial charge in [0.1, 0.15) is 11.6 Å². The molecule has 0 aliphatic carbocycles. The highest BCUT2D eigenvalue weighted by Gasteiger charge is 2.30. The number of amides is 1. The van der Waals surface area contributed by atoms with Crippen LogP contribution in [-0.2, 0) is 4.79 Å². The molecular formula is C16H17F2N3O2. The summed E-state index contributed by atoms with van der Waals surface area (Å²) in [5.41, 5.74) is 1.63. The number of carbonyl (C=O) groups excluding carboxylic acids is 1. The Morgan fingerprint density at radius 3 is 2.87 bits per heavy atom. The second-order valence-corrected chi connectivity index (χ2v) is 5.74. The second kappa shape index (κ2) is 5.98. The van der Waals surface area contributed by atoms with Gasteiger partial charge in [0, 0.05) is 23.9 Å². The molecule has 23 heavy (non-hydrogen) atoms. The predicted molar refractivity (Wildman–Crippen MR) is 80.8 cm³/mol. The molecule has 0 bridgehead atoms. The Balaban J connectivity index is 2.00. The summed E-state index contributed by atoms with van der Waals surface area (Å²) in [4.78, 5) is 12.0. The van der Waals surface area contributed by atoms with E-state index < -0.39 is 6.61 Å². The maximum atomic E-state index is 12.4. The molecule has 3 rings (SSSR count). The van der Waals surface area contributed by atoms with Gasteiger partial charge in [-0.3, -0.25) is 4.79 Å². The van der Waals surface area contributed by atoms with Gasteiger partial charge in [0.2, 0.25) is 5.91 Å². The largest absolute Gasteiger partial charge is 0.435 e. The van der Waals surface area contributed by atoms with Crippen LogP contribution in [0.1, 0.15) is 43.4 Å². The van der Waals surface area contributed by atoms with E-state index in [1.54, 1.807) is 29.1 Å². The summed E-state index contributed by atoms with van der Waals surface area (Å²) in [5, 5.41) is 7.18. The van der Waals surface area contributed by atoms with Gasteiger partial charge in [-0.1, -0.05) is 12.1 Å². The van der Waals surface area contributed by atoms with E-state index >= 15 is 0 Å². The SMILES string of the molecule is CC(C)n1ncc2c1NC(=O)CC2c1cccc(OC(F)F)c1. The molecule has 1 unspecified atom stereocenters. The lowest BCUT2D eigenvalue weighted by Gasteiger charge is -2.24. The number of nitrogens with zero attached hydrogens (tertiary/aromatic N) is 2. The highest BCUT2D eigenvalue weighted by atomic mass is 19.3. The number of benzene rings is 1. The fraction of sp³-hybridized carbons (Fsp3) is 0.375. The maximum Gasteiger partial charge on any atom is 0.387 e. The average Bonchev–Trinajstić information content (AvgIpc) is 2.89. The van der Waals surface area contributed by atoms with Gasteiger partial charge in [-0.15, -0.1) is 0 Å². The fourth-order valence-corrected chi connectivity index (χ4v) is 2.83. The Morgan fingerprint density at radius 2 is 2.17 bits per heavy atom. The van der Waals surface area contributed by atoms with Gasteiger partial charge in [0.25, 0.3) is 0 Å². The lowest BCUT2D eigenvalue weighted by molar-refractivity contribution is -0.116. The summed E-state index contributed by atoms with van der Waals surface area (Å²) in [5.74, 6) is 0.403. The van der Waals surface area contributed by atoms with Crippen LogP contribution in [0.15, 0.2) is 30.5 Å². The van der Waals surface area contributed by atoms with Crippen molar-refractivity contribution < 1.29 is 18.3 Å². The molecule has 0 radical (unpaired) electrons. The summed E-state index contributed by atoms with van der Waals surface area (Å²) < 4.78 is 31.0. The van der Waals surface area contributed by atoms with E-state index in [0.717, 1.165) is 11.1 Å². The standard InChI is InChI=1S/C16H17F2N3O2/c1-9(2)21-15-13(8-19-21)12(7-14(22)20-15)10-4-3-5-11(6-10)23-16(17)18/h3-6,8-9,12,16H,7H2,1-2H3,(H,20,22). The van der Waals surface area contributed by atoms with E-state index in [2.05, 4.69) is 15.2 Å². The monoisotopic (exact) mass is 321 g/mol. The van der Waals surface area contributed by atoms with Crippen LogP contribution in [0.25, 0.3) is 0 Å². The summed E-state index contributed by atoms with van der Waals surface area (Å²) >= 11 is 0. The van der Waals surface area contributed by atoms with Crippen LogP contribution < -0.4 is 10.1 Å². The lowest BCUT2D eigenvalue weighted by Crippen LogP contribution is -2.25. The van der Waals surface area contributed by atoms with Crippen LogP contribution in [0.3, 0.4) is 0 Å². The lowest BCUT2D eigenvalue weighted by atomic mass is 9.87. The zero-order chi connectivity index (χ0) is 16.6. The molecule has 0 saturated heterocycles. The number of rotatable bonds is 4. The van der Waals surface area contributed by atoms with Gasteiger partial charge in [-0.2, -0.15) is 13.9 Å². The van der Waals surface area contributed by atoms with Crippen molar-refractivity contribution in [2.24, 2.45) is 0 Å². The van der Waals surface area contributed by atoms with Crippen molar-refractivity contribution in [3.05, 3.63) is 41.6 Å². The molecule has 1 aromatic carbocycles. The second-order valence-electron chi connectivity index (χ2n) is 5.74. The van der Waals surface area contributed by atoms with Crippen LogP contribution in [-0.4, -0.2) is 22.3 Å². The summed E-state index contributed by atoms with van der Waals surface area (Å²) in [6, 6.07) is 6.57. The Hall–Kier alpha value is -2.44. The molecule has 1 aliphatic rings. The Kier molecular flexibility index (Phi) is 4.02. The molecule has 1 atom stereocenters. The van der Waals surface area contributed by atoms with Gasteiger partial charge in [-0.05, 0) is 31.5 Å². The smallest absolute Gasteiger partial charge is 0.387 e. The first-order chi connectivity index (χ1) is 11.0. The zero-order valence-electron chi connectivity index (χ0n) is 12.8. The summed E-state index contributed by atoms with van der Waals surface area (Å²) in [6.45, 7) is 1.07. The van der Waals surface area contributed by atoms with Crippen molar-refractivity contribution in [2.45, 2.75) is 38.8 Å². The van der Waals surface area contributed by atoms with Gasteiger partial charge in [0.05, 0.1) is 6.20 Å². The minimum atomic E-state index is -2.88. The third-order valence-corrected chi connectivity index (χ3v) is 3.82. The van der Waals surface area contributed by atoms with Gasteiger partial charge in [0.15, 0.2) is 0 Å². The van der Waals surface area contributed by atoms with E-state index in [1.165, 1.54) is 6.07 Å². The van der Waals surface area contributed by atoms with E-state index in [4.69, 9.17) is 0 Å². The van der Waals surface area contributed by atoms with Crippen molar-refractivity contribution in [2.75, 3.05) is 5.32 Å². The van der Waals surface area contributed by atoms with Crippen molar-refractivity contribution in [3.63, 3.8) is 0 Å². The number of nitrogens with one attached hydrogen (secondary N) is 1. The minimum Gasteiger partial charge on any atom is -0.435 e. The molecular weight excluding hydrogens is 304 g/mol. The van der Waals surface area contributed by atoms with E-state index in [-0.39, 0.29) is 30.0 Å². The molecule has 0 saturated carbocycles. The first-order valence-corrected chi connectivity index (χ1v) is 7.37. The number of hydrogen-bond donors (Lipinski definition) is 1. The van der Waals surface area contributed by atoms with Crippen LogP contribution in [0.5, 0.6) is 5.75 Å². The van der Waals surface area contributed by atoms with E-state index in [1.807, 2.05) is 13.8 Å². The van der Waals surface area contributed by atoms with Crippen LogP contribution in [0.2, 0.25) is 0 Å². The Labute approximate surface area is 132 Å². The Bertz CT molecular complexity index is 728. The number of hydrogen-bond acceptors (Lipinski definition) is 3. The van der Waals surface area contributed by atoms with E-state index in [9.17, 15) is 13.6 Å². The van der Waals surface area contributed by atoms with Crippen molar-refractivity contribution in [1.29, 1.82) is 0 Å². The molecule has 1 aromatic heterocycles. The minimum absolute atomic E-state index is 0.0845. The molecule has 1 N–H and O–H groups in total. The molecule has 122 valence electrons. The van der Waals surface area contributed by atoms with Crippen molar-refractivity contribution in [1.82, 2.24) is 9.78 Å². The maximum absolute atomic E-state index is 12.4. The van der Waals surface area contributed by atoms with Gasteiger partial charge >= 0.3 is 6.61 Å². The average molecular weight is 321 g/mol. The fourth-order valence-electron chi connectivity index (χ4n) is 2.83. The molecule has 2 heterocycles. The number of fused-ring (bicyclic) bond motifs is 1. The first-order valence-electron chi connectivity index (χ1n) is 7.37. The molecule has 7 heteroatoms. The molecule has 5 nitrogen and oxygen atoms in total. The van der Waals surface area contributed by atoms with Crippen LogP contribution in [0, 0.1) is 0 Å². The number of anilines is 1. The quantitative estimate of drug-likeness (QED) is 0.937. The van der Waals surface area contributed by atoms with E-state index in [0.29, 0.717) is 5.82 Å². The molecule has 0 fully saturated rings. The molecule has 1 amide bonds. The zero-order valence-corrected chi connectivity index (χ0v) is 12.8. The van der Waals surface area contributed by atoms with Crippen LogP contribution in [0.4, 0.5) is 14.6 Å². The number of ether oxygens (including phenoxy) is 1. The Morgan fingerprint density at radius 1 is 1.39 bits per heavy atom. The van der Waals surface area contributed by atoms with Gasteiger partial charge < -0.3 is 10.1 Å². The third kappa shape index (κ3) is 3.04. The predicted octanol–water partition coefficient (Wildman–Crippen LogP) is 3.54. The highest BCUT2D eigenvalue weighted by Crippen LogP contribution is 2.38. The summed E-state index contributed by atoms with van der Waals surface area (Å²) in [7, 11) is 0. The summed E-state index contributed by atoms with van der Waals surface area (Å²) in [6.07, 6.45) is 1.97. The molecule has 2 aromatic rings. The van der Waals surface area contributed by atoms with Gasteiger partial charge in [-0.25, -0.2) is 4.68 Å².